The average Bonchev–Trinajstić information content (AvgIpc) is 3.75. The molecule has 0 spiro atoms. The minimum Gasteiger partial charge on any atom is -0.469 e. The van der Waals surface area contributed by atoms with Crippen molar-refractivity contribution in [2.75, 3.05) is 14.2 Å². The zero-order chi connectivity index (χ0) is 31.3. The molecule has 0 bridgehead atoms. The van der Waals surface area contributed by atoms with Crippen molar-refractivity contribution < 1.29 is 19.1 Å². The number of hydrogen-bond acceptors (Lipinski definition) is 6. The second-order valence-electron chi connectivity index (χ2n) is 10.9. The Kier molecular flexibility index (Phi) is 10.2. The van der Waals surface area contributed by atoms with Gasteiger partial charge < -0.3 is 19.4 Å². The normalized spacial score (nSPS) is 16.7. The highest BCUT2D eigenvalue weighted by molar-refractivity contribution is 6.09. The molecule has 4 rings (SSSR count). The van der Waals surface area contributed by atoms with Crippen molar-refractivity contribution in [1.29, 1.82) is 0 Å². The molecule has 0 aromatic carbocycles. The molecule has 228 valence electrons. The lowest BCUT2D eigenvalue weighted by atomic mass is 9.96. The summed E-state index contributed by atoms with van der Waals surface area (Å²) in [6.45, 7) is 12.6. The summed E-state index contributed by atoms with van der Waals surface area (Å²) in [5.41, 5.74) is 14.0. The van der Waals surface area contributed by atoms with Crippen molar-refractivity contribution in [2.45, 2.75) is 86.5 Å². The van der Waals surface area contributed by atoms with Crippen molar-refractivity contribution in [1.82, 2.24) is 9.97 Å². The topological polar surface area (TPSA) is 109 Å². The van der Waals surface area contributed by atoms with E-state index in [0.29, 0.717) is 6.42 Å². The Hall–Kier alpha value is -4.20. The van der Waals surface area contributed by atoms with Gasteiger partial charge in [0, 0.05) is 35.9 Å². The van der Waals surface area contributed by atoms with Gasteiger partial charge in [-0.1, -0.05) is 27.7 Å². The van der Waals surface area contributed by atoms with Crippen LogP contribution in [0.2, 0.25) is 0 Å². The summed E-state index contributed by atoms with van der Waals surface area (Å²) >= 11 is 0. The van der Waals surface area contributed by atoms with E-state index in [9.17, 15) is 9.59 Å². The number of hydrogen-bond donors (Lipinski definition) is 2. The molecular weight excluding hydrogens is 540 g/mol. The van der Waals surface area contributed by atoms with Gasteiger partial charge >= 0.3 is 11.9 Å². The molecule has 2 aromatic heterocycles. The molecule has 0 fully saturated rings. The number of esters is 2. The Morgan fingerprint density at radius 2 is 1.53 bits per heavy atom. The number of aliphatic imine (C=N–C) groups is 2. The zero-order valence-corrected chi connectivity index (χ0v) is 26.8. The molecule has 8 nitrogen and oxygen atoms in total. The van der Waals surface area contributed by atoms with Gasteiger partial charge in [-0.15, -0.1) is 0 Å². The van der Waals surface area contributed by atoms with Gasteiger partial charge in [-0.2, -0.15) is 0 Å². The van der Waals surface area contributed by atoms with E-state index in [1.54, 1.807) is 0 Å². The van der Waals surface area contributed by atoms with E-state index in [1.165, 1.54) is 36.5 Å². The third-order valence-corrected chi connectivity index (χ3v) is 8.59. The maximum absolute atomic E-state index is 12.5. The summed E-state index contributed by atoms with van der Waals surface area (Å²) in [5.74, 6) is -0.636. The average molecular weight is 585 g/mol. The van der Waals surface area contributed by atoms with Gasteiger partial charge in [0.15, 0.2) is 0 Å². The van der Waals surface area contributed by atoms with Crippen LogP contribution in [0.25, 0.3) is 12.2 Å². The fraction of sp³-hybridized carbons (Fsp3) is 0.429. The lowest BCUT2D eigenvalue weighted by molar-refractivity contribution is -0.140. The Balaban J connectivity index is 1.80. The summed E-state index contributed by atoms with van der Waals surface area (Å²) in [5, 5.41) is 0. The molecule has 0 radical (unpaired) electrons. The molecule has 2 aliphatic heterocycles. The van der Waals surface area contributed by atoms with Crippen LogP contribution in [0.4, 0.5) is 0 Å². The third kappa shape index (κ3) is 6.58. The number of nitrogens with one attached hydrogen (secondary N) is 2. The predicted octanol–water partition coefficient (Wildman–Crippen LogP) is 6.95. The molecule has 43 heavy (non-hydrogen) atoms. The molecule has 0 unspecified atom stereocenters. The minimum absolute atomic E-state index is 0.117. The van der Waals surface area contributed by atoms with Crippen molar-refractivity contribution >= 4 is 36.0 Å². The highest BCUT2D eigenvalue weighted by Gasteiger charge is 2.27. The quantitative estimate of drug-likeness (QED) is 0.263. The number of methoxy groups -OCH3 is 2. The van der Waals surface area contributed by atoms with Gasteiger partial charge in [0.25, 0.3) is 0 Å². The van der Waals surface area contributed by atoms with Crippen LogP contribution in [-0.2, 0) is 44.7 Å². The van der Waals surface area contributed by atoms with E-state index in [4.69, 9.17) is 14.5 Å². The highest BCUT2D eigenvalue weighted by Crippen LogP contribution is 2.34. The molecule has 2 aromatic rings. The molecule has 2 N–H and O–H groups in total. The van der Waals surface area contributed by atoms with Crippen molar-refractivity contribution in [3.8, 4) is 0 Å². The van der Waals surface area contributed by atoms with E-state index in [2.05, 4.69) is 61.0 Å². The van der Waals surface area contributed by atoms with Crippen LogP contribution in [0.5, 0.6) is 0 Å². The molecule has 0 aliphatic carbocycles. The number of carbonyl (C=O) groups excluding carboxylic acids is 2. The lowest BCUT2D eigenvalue weighted by Crippen LogP contribution is -2.13. The van der Waals surface area contributed by atoms with Crippen LogP contribution < -0.4 is 0 Å². The fourth-order valence-corrected chi connectivity index (χ4v) is 6.00. The second-order valence-corrected chi connectivity index (χ2v) is 10.9. The van der Waals surface area contributed by atoms with Crippen LogP contribution >= 0.6 is 0 Å². The number of carbonyl (C=O) groups is 2. The van der Waals surface area contributed by atoms with Gasteiger partial charge in [0.05, 0.1) is 44.2 Å². The summed E-state index contributed by atoms with van der Waals surface area (Å²) < 4.78 is 10.1. The Morgan fingerprint density at radius 3 is 2.16 bits per heavy atom. The molecule has 0 amide bonds. The molecule has 4 heterocycles. The monoisotopic (exact) mass is 584 g/mol. The van der Waals surface area contributed by atoms with Gasteiger partial charge in [-0.25, -0.2) is 0 Å². The first-order chi connectivity index (χ1) is 20.7. The Morgan fingerprint density at radius 1 is 0.837 bits per heavy atom. The number of aryl methyl sites for hydroxylation is 1. The number of H-pyrrole nitrogens is 2. The number of nitrogens with zero attached hydrogens (tertiary/aromatic N) is 2. The third-order valence-electron chi connectivity index (χ3n) is 8.59. The fourth-order valence-electron chi connectivity index (χ4n) is 6.00. The van der Waals surface area contributed by atoms with Gasteiger partial charge in [0.1, 0.15) is 0 Å². The first kappa shape index (κ1) is 31.7. The van der Waals surface area contributed by atoms with Gasteiger partial charge in [0.2, 0.25) is 0 Å². The van der Waals surface area contributed by atoms with Crippen molar-refractivity contribution in [2.24, 2.45) is 9.98 Å². The van der Waals surface area contributed by atoms with Crippen LogP contribution in [0.1, 0.15) is 93.2 Å². The van der Waals surface area contributed by atoms with Crippen LogP contribution in [0.3, 0.4) is 0 Å². The van der Waals surface area contributed by atoms with E-state index in [-0.39, 0.29) is 24.8 Å². The Labute approximate surface area is 254 Å². The van der Waals surface area contributed by atoms with E-state index < -0.39 is 0 Å². The highest BCUT2D eigenvalue weighted by atomic mass is 16.5. The number of allylic oxidation sites excluding steroid dienone is 3. The summed E-state index contributed by atoms with van der Waals surface area (Å²) in [6.07, 6.45) is 12.5. The van der Waals surface area contributed by atoms with Gasteiger partial charge in [-0.05, 0) is 96.2 Å². The minimum atomic E-state index is -0.321. The molecule has 0 saturated carbocycles. The Bertz CT molecular complexity index is 1600. The summed E-state index contributed by atoms with van der Waals surface area (Å²) in [6, 6.07) is 0. The molecule has 2 aliphatic rings. The standard InChI is InChI=1S/C35H44N4O4/c1-9-22-18-36-30(24(22)11-3)15-28-20(5)26(13-34(40)42-7)32(38-28)17-33-27(14-35(41)43-8)21(6)29(39-33)16-31-25(12-4)23(10-2)19-37-31/h15-16,18-19,36,39H,9-14,17H2,1-8H3/b28-15-,31-16-. The number of aromatic nitrogens is 2. The van der Waals surface area contributed by atoms with E-state index in [1.807, 2.05) is 20.1 Å². The van der Waals surface area contributed by atoms with Crippen LogP contribution in [-0.4, -0.2) is 48.1 Å². The maximum atomic E-state index is 12.5. The lowest BCUT2D eigenvalue weighted by Gasteiger charge is -2.09. The van der Waals surface area contributed by atoms with Crippen molar-refractivity contribution in [3.05, 3.63) is 79.2 Å². The molecular formula is C35H44N4O4. The van der Waals surface area contributed by atoms with E-state index >= 15 is 0 Å². The van der Waals surface area contributed by atoms with Crippen molar-refractivity contribution in [3.63, 3.8) is 0 Å². The molecule has 0 atom stereocenters. The smallest absolute Gasteiger partial charge is 0.310 e. The maximum Gasteiger partial charge on any atom is 0.310 e. The van der Waals surface area contributed by atoms with Crippen LogP contribution in [0.15, 0.2) is 49.9 Å². The summed E-state index contributed by atoms with van der Waals surface area (Å²) in [4.78, 5) is 41.8. The number of ether oxygens (including phenoxy) is 2. The first-order valence-electron chi connectivity index (χ1n) is 15.2. The molecule has 8 heteroatoms. The number of rotatable bonds is 12. The summed E-state index contributed by atoms with van der Waals surface area (Å²) in [7, 11) is 2.80. The molecule has 0 saturated heterocycles. The largest absolute Gasteiger partial charge is 0.469 e. The van der Waals surface area contributed by atoms with E-state index in [0.717, 1.165) is 82.1 Å². The van der Waals surface area contributed by atoms with Gasteiger partial charge in [-0.3, -0.25) is 19.6 Å². The van der Waals surface area contributed by atoms with Crippen LogP contribution in [0, 0.1) is 6.92 Å². The SMILES string of the molecule is CCC1=C(CC)/C(=C/c2[nH]c(CC3=N/C(=C\c4[nH]cc(CC)c4CC)C(C)=C3CC(=O)OC)c(CC(=O)OC)c2C)N=C1. The number of aromatic amines is 2. The zero-order valence-electron chi connectivity index (χ0n) is 26.8. The first-order valence-corrected chi connectivity index (χ1v) is 15.2. The second kappa shape index (κ2) is 13.8. The predicted molar refractivity (Wildman–Crippen MR) is 173 cm³/mol.